The highest BCUT2D eigenvalue weighted by molar-refractivity contribution is 6.30. The molecule has 0 aliphatic heterocycles. The Morgan fingerprint density at radius 1 is 1.10 bits per heavy atom. The maximum Gasteiger partial charge on any atom is 0.161 e. The lowest BCUT2D eigenvalue weighted by molar-refractivity contribution is 0.284. The van der Waals surface area contributed by atoms with E-state index in [0.29, 0.717) is 17.1 Å². The van der Waals surface area contributed by atoms with E-state index >= 15 is 0 Å². The van der Waals surface area contributed by atoms with Crippen LogP contribution in [0.2, 0.25) is 5.02 Å². The molecule has 0 unspecified atom stereocenters. The van der Waals surface area contributed by atoms with Crippen LogP contribution in [0.4, 0.5) is 4.39 Å². The number of methoxy groups -OCH3 is 1. The molecule has 2 aromatic carbocycles. The summed E-state index contributed by atoms with van der Waals surface area (Å²) in [5.41, 5.74) is 1.80. The Morgan fingerprint density at radius 3 is 2.52 bits per heavy atom. The first-order valence-electron chi connectivity index (χ1n) is 6.52. The summed E-state index contributed by atoms with van der Waals surface area (Å²) in [7, 11) is 3.47. The van der Waals surface area contributed by atoms with Crippen molar-refractivity contribution >= 4 is 11.6 Å². The van der Waals surface area contributed by atoms with Gasteiger partial charge in [-0.25, -0.2) is 4.39 Å². The lowest BCUT2D eigenvalue weighted by Gasteiger charge is -2.12. The highest BCUT2D eigenvalue weighted by Gasteiger charge is 2.07. The van der Waals surface area contributed by atoms with Crippen molar-refractivity contribution in [2.45, 2.75) is 13.2 Å². The molecular weight excluding hydrogens is 293 g/mol. The fraction of sp³-hybridized carbons (Fsp3) is 0.250. The molecule has 0 saturated carbocycles. The van der Waals surface area contributed by atoms with Crippen LogP contribution in [0.5, 0.6) is 11.5 Å². The molecule has 0 saturated heterocycles. The van der Waals surface area contributed by atoms with Gasteiger partial charge in [-0.1, -0.05) is 23.7 Å². The number of hydrogen-bond donors (Lipinski definition) is 1. The predicted octanol–water partition coefficient (Wildman–Crippen LogP) is 3.79. The Hall–Kier alpha value is -1.78. The Balaban J connectivity index is 2.10. The van der Waals surface area contributed by atoms with Crippen molar-refractivity contribution in [2.24, 2.45) is 0 Å². The minimum Gasteiger partial charge on any atom is -0.493 e. The number of nitrogens with one attached hydrogen (secondary N) is 1. The molecule has 112 valence electrons. The quantitative estimate of drug-likeness (QED) is 0.880. The van der Waals surface area contributed by atoms with E-state index in [1.807, 2.05) is 25.2 Å². The molecule has 0 fully saturated rings. The summed E-state index contributed by atoms with van der Waals surface area (Å²) in [6.45, 7) is 0.995. The van der Waals surface area contributed by atoms with Crippen LogP contribution in [0.3, 0.4) is 0 Å². The zero-order valence-electron chi connectivity index (χ0n) is 12.0. The monoisotopic (exact) mass is 309 g/mol. The third-order valence-corrected chi connectivity index (χ3v) is 3.29. The molecule has 2 rings (SSSR count). The van der Waals surface area contributed by atoms with Crippen LogP contribution in [0, 0.1) is 5.82 Å². The second-order valence-electron chi connectivity index (χ2n) is 4.55. The number of halogens is 2. The third kappa shape index (κ3) is 4.09. The molecule has 1 N–H and O–H groups in total. The molecule has 0 aliphatic carbocycles. The standard InChI is InChI=1S/C16H17ClFNO2/c1-19-9-11-4-6-15(16(8-11)20-2)21-10-12-3-5-13(17)14(18)7-12/h3-8,19H,9-10H2,1-2H3. The van der Waals surface area contributed by atoms with Crippen molar-refractivity contribution in [3.05, 3.63) is 58.4 Å². The summed E-state index contributed by atoms with van der Waals surface area (Å²) in [5, 5.41) is 3.18. The fourth-order valence-electron chi connectivity index (χ4n) is 1.94. The highest BCUT2D eigenvalue weighted by Crippen LogP contribution is 2.29. The Kier molecular flexibility index (Phi) is 5.42. The maximum absolute atomic E-state index is 13.4. The second kappa shape index (κ2) is 7.29. The summed E-state index contributed by atoms with van der Waals surface area (Å²) in [4.78, 5) is 0. The molecule has 0 radical (unpaired) electrons. The average Bonchev–Trinajstić information content (AvgIpc) is 2.49. The predicted molar refractivity (Wildman–Crippen MR) is 81.5 cm³/mol. The fourth-order valence-corrected chi connectivity index (χ4v) is 2.05. The summed E-state index contributed by atoms with van der Waals surface area (Å²) in [5.74, 6) is 0.819. The van der Waals surface area contributed by atoms with E-state index in [1.165, 1.54) is 12.1 Å². The smallest absolute Gasteiger partial charge is 0.161 e. The number of benzene rings is 2. The van der Waals surface area contributed by atoms with Crippen LogP contribution < -0.4 is 14.8 Å². The van der Waals surface area contributed by atoms with Crippen molar-refractivity contribution in [1.29, 1.82) is 0 Å². The average molecular weight is 310 g/mol. The Morgan fingerprint density at radius 2 is 1.86 bits per heavy atom. The number of ether oxygens (including phenoxy) is 2. The molecule has 0 bridgehead atoms. The zero-order valence-corrected chi connectivity index (χ0v) is 12.7. The first kappa shape index (κ1) is 15.6. The molecule has 5 heteroatoms. The van der Waals surface area contributed by atoms with Gasteiger partial charge >= 0.3 is 0 Å². The second-order valence-corrected chi connectivity index (χ2v) is 4.96. The van der Waals surface area contributed by atoms with Crippen LogP contribution in [0.25, 0.3) is 0 Å². The van der Waals surface area contributed by atoms with Crippen LogP contribution in [-0.4, -0.2) is 14.2 Å². The van der Waals surface area contributed by atoms with E-state index in [2.05, 4.69) is 5.32 Å². The van der Waals surface area contributed by atoms with Gasteiger partial charge in [0.25, 0.3) is 0 Å². The van der Waals surface area contributed by atoms with E-state index in [4.69, 9.17) is 21.1 Å². The normalized spacial score (nSPS) is 10.5. The van der Waals surface area contributed by atoms with Crippen molar-refractivity contribution in [3.63, 3.8) is 0 Å². The first-order valence-corrected chi connectivity index (χ1v) is 6.90. The van der Waals surface area contributed by atoms with E-state index in [0.717, 1.165) is 12.1 Å². The largest absolute Gasteiger partial charge is 0.493 e. The van der Waals surface area contributed by atoms with Gasteiger partial charge in [0.2, 0.25) is 0 Å². The molecule has 0 amide bonds. The number of rotatable bonds is 6. The van der Waals surface area contributed by atoms with Crippen LogP contribution in [0.15, 0.2) is 36.4 Å². The van der Waals surface area contributed by atoms with E-state index < -0.39 is 5.82 Å². The molecule has 3 nitrogen and oxygen atoms in total. The Labute approximate surface area is 128 Å². The van der Waals surface area contributed by atoms with Crippen LogP contribution >= 0.6 is 11.6 Å². The Bertz CT molecular complexity index is 619. The molecule has 0 atom stereocenters. The summed E-state index contributed by atoms with van der Waals surface area (Å²) < 4.78 is 24.4. The molecule has 0 aromatic heterocycles. The maximum atomic E-state index is 13.4. The molecule has 21 heavy (non-hydrogen) atoms. The minimum absolute atomic E-state index is 0.104. The van der Waals surface area contributed by atoms with Crippen molar-refractivity contribution in [3.8, 4) is 11.5 Å². The molecule has 0 aliphatic rings. The molecule has 0 spiro atoms. The van der Waals surface area contributed by atoms with Gasteiger partial charge in [-0.3, -0.25) is 0 Å². The lowest BCUT2D eigenvalue weighted by atomic mass is 10.2. The minimum atomic E-state index is -0.450. The number of hydrogen-bond acceptors (Lipinski definition) is 3. The SMILES string of the molecule is CNCc1ccc(OCc2ccc(Cl)c(F)c2)c(OC)c1. The van der Waals surface area contributed by atoms with Gasteiger partial charge < -0.3 is 14.8 Å². The lowest BCUT2D eigenvalue weighted by Crippen LogP contribution is -2.05. The van der Waals surface area contributed by atoms with Crippen molar-refractivity contribution < 1.29 is 13.9 Å². The van der Waals surface area contributed by atoms with Crippen molar-refractivity contribution in [1.82, 2.24) is 5.32 Å². The van der Waals surface area contributed by atoms with Gasteiger partial charge in [-0.2, -0.15) is 0 Å². The van der Waals surface area contributed by atoms with Gasteiger partial charge in [0.15, 0.2) is 11.5 Å². The van der Waals surface area contributed by atoms with Gasteiger partial charge in [0, 0.05) is 6.54 Å². The van der Waals surface area contributed by atoms with Gasteiger partial charge in [-0.15, -0.1) is 0 Å². The summed E-state index contributed by atoms with van der Waals surface area (Å²) in [6.07, 6.45) is 0. The van der Waals surface area contributed by atoms with Gasteiger partial charge in [-0.05, 0) is 42.4 Å². The molecular formula is C16H17ClFNO2. The van der Waals surface area contributed by atoms with Crippen LogP contribution in [-0.2, 0) is 13.2 Å². The zero-order chi connectivity index (χ0) is 15.2. The van der Waals surface area contributed by atoms with Gasteiger partial charge in [0.05, 0.1) is 12.1 Å². The van der Waals surface area contributed by atoms with E-state index in [1.54, 1.807) is 13.2 Å². The van der Waals surface area contributed by atoms with E-state index in [-0.39, 0.29) is 11.6 Å². The molecule has 2 aromatic rings. The van der Waals surface area contributed by atoms with Gasteiger partial charge in [0.1, 0.15) is 12.4 Å². The first-order chi connectivity index (χ1) is 10.1. The van der Waals surface area contributed by atoms with Crippen molar-refractivity contribution in [2.75, 3.05) is 14.2 Å². The van der Waals surface area contributed by atoms with E-state index in [9.17, 15) is 4.39 Å². The molecule has 0 heterocycles. The topological polar surface area (TPSA) is 30.5 Å². The third-order valence-electron chi connectivity index (χ3n) is 2.99. The summed E-state index contributed by atoms with van der Waals surface area (Å²) >= 11 is 5.65. The highest BCUT2D eigenvalue weighted by atomic mass is 35.5. The summed E-state index contributed by atoms with van der Waals surface area (Å²) in [6, 6.07) is 10.3. The van der Waals surface area contributed by atoms with Crippen LogP contribution in [0.1, 0.15) is 11.1 Å².